The van der Waals surface area contributed by atoms with Crippen molar-refractivity contribution in [3.05, 3.63) is 58.6 Å². The third-order valence-corrected chi connectivity index (χ3v) is 6.79. The van der Waals surface area contributed by atoms with Crippen LogP contribution in [-0.4, -0.2) is 62.5 Å². The maximum atomic E-state index is 12.7. The lowest BCUT2D eigenvalue weighted by Crippen LogP contribution is -2.49. The van der Waals surface area contributed by atoms with E-state index < -0.39 is 0 Å². The van der Waals surface area contributed by atoms with E-state index in [2.05, 4.69) is 14.9 Å². The Bertz CT molecular complexity index is 1120. The van der Waals surface area contributed by atoms with E-state index in [0.29, 0.717) is 17.4 Å². The quantitative estimate of drug-likeness (QED) is 0.677. The van der Waals surface area contributed by atoms with Gasteiger partial charge in [-0.25, -0.2) is 9.78 Å². The second kappa shape index (κ2) is 8.19. The molecule has 1 aromatic carbocycles. The highest BCUT2D eigenvalue weighted by atomic mass is 16.2. The molecule has 3 N–H and O–H groups in total. The molecule has 0 unspecified atom stereocenters. The number of nitrogens with zero attached hydrogens (tertiary/aromatic N) is 4. The van der Waals surface area contributed by atoms with E-state index in [-0.39, 0.29) is 17.6 Å². The van der Waals surface area contributed by atoms with Gasteiger partial charge in [-0.3, -0.25) is 9.36 Å². The molecule has 1 amide bonds. The van der Waals surface area contributed by atoms with Gasteiger partial charge in [-0.1, -0.05) is 12.1 Å². The SMILES string of the molecule is Nc1ccc(C(=O)N2CCC(N3CCC(n4c(=O)[nH]c5ccccc54)CC3)CC2)cn1. The summed E-state index contributed by atoms with van der Waals surface area (Å²) in [7, 11) is 0. The fourth-order valence-corrected chi connectivity index (χ4v) is 5.09. The molecule has 31 heavy (non-hydrogen) atoms. The highest BCUT2D eigenvalue weighted by Gasteiger charge is 2.31. The van der Waals surface area contributed by atoms with Crippen LogP contribution in [0.1, 0.15) is 42.1 Å². The van der Waals surface area contributed by atoms with Gasteiger partial charge >= 0.3 is 5.69 Å². The summed E-state index contributed by atoms with van der Waals surface area (Å²) in [5.41, 5.74) is 8.11. The van der Waals surface area contributed by atoms with Crippen LogP contribution in [0.25, 0.3) is 11.0 Å². The minimum atomic E-state index is -0.0105. The number of hydrogen-bond acceptors (Lipinski definition) is 5. The number of H-pyrrole nitrogens is 1. The average molecular weight is 421 g/mol. The molecular formula is C23H28N6O2. The zero-order chi connectivity index (χ0) is 21.4. The lowest BCUT2D eigenvalue weighted by Gasteiger charge is -2.42. The Morgan fingerprint density at radius 3 is 2.39 bits per heavy atom. The molecule has 0 saturated carbocycles. The van der Waals surface area contributed by atoms with Crippen molar-refractivity contribution in [3.63, 3.8) is 0 Å². The van der Waals surface area contributed by atoms with Crippen LogP contribution >= 0.6 is 0 Å². The maximum absolute atomic E-state index is 12.7. The molecule has 2 saturated heterocycles. The van der Waals surface area contributed by atoms with E-state index in [4.69, 9.17) is 5.73 Å². The van der Waals surface area contributed by atoms with Crippen LogP contribution in [0.3, 0.4) is 0 Å². The highest BCUT2D eigenvalue weighted by molar-refractivity contribution is 5.94. The molecule has 0 atom stereocenters. The molecule has 5 rings (SSSR count). The Labute approximate surface area is 180 Å². The van der Waals surface area contributed by atoms with Crippen LogP contribution in [0.4, 0.5) is 5.82 Å². The largest absolute Gasteiger partial charge is 0.384 e. The van der Waals surface area contributed by atoms with Gasteiger partial charge in [0.05, 0.1) is 16.6 Å². The summed E-state index contributed by atoms with van der Waals surface area (Å²) in [5, 5.41) is 0. The van der Waals surface area contributed by atoms with Crippen molar-refractivity contribution >= 4 is 22.8 Å². The molecule has 0 aliphatic carbocycles. The number of amides is 1. The Morgan fingerprint density at radius 1 is 0.968 bits per heavy atom. The predicted molar refractivity (Wildman–Crippen MR) is 120 cm³/mol. The van der Waals surface area contributed by atoms with Gasteiger partial charge in [-0.15, -0.1) is 0 Å². The van der Waals surface area contributed by atoms with Crippen molar-refractivity contribution in [1.82, 2.24) is 24.3 Å². The van der Waals surface area contributed by atoms with Crippen molar-refractivity contribution in [1.29, 1.82) is 0 Å². The number of imidazole rings is 1. The number of fused-ring (bicyclic) bond motifs is 1. The van der Waals surface area contributed by atoms with Gasteiger partial charge in [0, 0.05) is 44.5 Å². The van der Waals surface area contributed by atoms with Gasteiger partial charge < -0.3 is 20.5 Å². The molecular weight excluding hydrogens is 392 g/mol. The Kier molecular flexibility index (Phi) is 5.23. The topological polar surface area (TPSA) is 100 Å². The van der Waals surface area contributed by atoms with Crippen LogP contribution in [0.5, 0.6) is 0 Å². The van der Waals surface area contributed by atoms with Gasteiger partial charge in [0.15, 0.2) is 0 Å². The van der Waals surface area contributed by atoms with E-state index in [0.717, 1.165) is 62.9 Å². The van der Waals surface area contributed by atoms with Gasteiger partial charge in [-0.05, 0) is 49.9 Å². The van der Waals surface area contributed by atoms with Gasteiger partial charge in [-0.2, -0.15) is 0 Å². The number of para-hydroxylation sites is 2. The number of carbonyl (C=O) groups is 1. The first-order valence-electron chi connectivity index (χ1n) is 11.0. The monoisotopic (exact) mass is 420 g/mol. The van der Waals surface area contributed by atoms with E-state index in [1.807, 2.05) is 33.7 Å². The summed E-state index contributed by atoms with van der Waals surface area (Å²) >= 11 is 0. The first-order valence-corrected chi connectivity index (χ1v) is 11.0. The number of anilines is 1. The number of carbonyl (C=O) groups excluding carboxylic acids is 1. The second-order valence-corrected chi connectivity index (χ2v) is 8.58. The molecule has 2 fully saturated rings. The maximum Gasteiger partial charge on any atom is 0.326 e. The number of hydrogen-bond donors (Lipinski definition) is 2. The smallest absolute Gasteiger partial charge is 0.326 e. The van der Waals surface area contributed by atoms with Crippen LogP contribution in [0.15, 0.2) is 47.4 Å². The van der Waals surface area contributed by atoms with Gasteiger partial charge in [0.2, 0.25) is 0 Å². The summed E-state index contributed by atoms with van der Waals surface area (Å²) in [5.74, 6) is 0.455. The summed E-state index contributed by atoms with van der Waals surface area (Å²) in [4.78, 5) is 36.7. The second-order valence-electron chi connectivity index (χ2n) is 8.58. The minimum absolute atomic E-state index is 0.0105. The number of benzene rings is 1. The molecule has 8 heteroatoms. The fraction of sp³-hybridized carbons (Fsp3) is 0.435. The molecule has 162 valence electrons. The van der Waals surface area contributed by atoms with Crippen molar-refractivity contribution in [2.45, 2.75) is 37.8 Å². The molecule has 2 aliphatic heterocycles. The fourth-order valence-electron chi connectivity index (χ4n) is 5.09. The number of pyridine rings is 1. The number of nitrogen functional groups attached to an aromatic ring is 1. The van der Waals surface area contributed by atoms with Crippen LogP contribution in [0.2, 0.25) is 0 Å². The summed E-state index contributed by atoms with van der Waals surface area (Å²) in [6.45, 7) is 3.49. The van der Waals surface area contributed by atoms with E-state index in [9.17, 15) is 9.59 Å². The number of aromatic nitrogens is 3. The van der Waals surface area contributed by atoms with E-state index in [1.165, 1.54) is 0 Å². The van der Waals surface area contributed by atoms with E-state index >= 15 is 0 Å². The van der Waals surface area contributed by atoms with Crippen molar-refractivity contribution < 1.29 is 4.79 Å². The third kappa shape index (κ3) is 3.83. The molecule has 0 bridgehead atoms. The molecule has 2 aromatic heterocycles. The zero-order valence-corrected chi connectivity index (χ0v) is 17.5. The number of nitrogens with one attached hydrogen (secondary N) is 1. The predicted octanol–water partition coefficient (Wildman–Crippen LogP) is 2.25. The number of likely N-dealkylation sites (tertiary alicyclic amines) is 2. The standard InChI is InChI=1S/C23H28N6O2/c24-21-6-5-16(15-25-21)22(30)28-13-7-17(8-14-28)27-11-9-18(10-12-27)29-20-4-2-1-3-19(20)26-23(29)31/h1-6,15,17-18H,7-14H2,(H2,24,25)(H,26,31). The zero-order valence-electron chi connectivity index (χ0n) is 17.5. The molecule has 3 aromatic rings. The van der Waals surface area contributed by atoms with Crippen LogP contribution in [0, 0.1) is 0 Å². The lowest BCUT2D eigenvalue weighted by atomic mass is 9.97. The summed E-state index contributed by atoms with van der Waals surface area (Å²) in [6.07, 6.45) is 5.45. The minimum Gasteiger partial charge on any atom is -0.384 e. The molecule has 0 spiro atoms. The summed E-state index contributed by atoms with van der Waals surface area (Å²) in [6, 6.07) is 12.1. The normalized spacial score (nSPS) is 19.2. The van der Waals surface area contributed by atoms with Crippen LogP contribution < -0.4 is 11.4 Å². The Morgan fingerprint density at radius 2 is 1.68 bits per heavy atom. The van der Waals surface area contributed by atoms with Gasteiger partial charge in [0.25, 0.3) is 5.91 Å². The highest BCUT2D eigenvalue weighted by Crippen LogP contribution is 2.28. The number of rotatable bonds is 3. The Hall–Kier alpha value is -3.13. The third-order valence-electron chi connectivity index (χ3n) is 6.79. The molecule has 0 radical (unpaired) electrons. The van der Waals surface area contributed by atoms with Crippen molar-refractivity contribution in [2.24, 2.45) is 0 Å². The molecule has 8 nitrogen and oxygen atoms in total. The molecule has 2 aliphatic rings. The first kappa shape index (κ1) is 19.8. The van der Waals surface area contributed by atoms with Crippen molar-refractivity contribution in [2.75, 3.05) is 31.9 Å². The average Bonchev–Trinajstić information content (AvgIpc) is 3.15. The van der Waals surface area contributed by atoms with Crippen LogP contribution in [-0.2, 0) is 0 Å². The lowest BCUT2D eigenvalue weighted by molar-refractivity contribution is 0.0557. The van der Waals surface area contributed by atoms with Crippen molar-refractivity contribution in [3.8, 4) is 0 Å². The van der Waals surface area contributed by atoms with E-state index in [1.54, 1.807) is 18.3 Å². The molecule has 4 heterocycles. The number of nitrogens with two attached hydrogens (primary N) is 1. The Balaban J connectivity index is 1.18. The summed E-state index contributed by atoms with van der Waals surface area (Å²) < 4.78 is 1.94. The van der Waals surface area contributed by atoms with Gasteiger partial charge in [0.1, 0.15) is 5.82 Å². The number of piperidine rings is 2. The number of aromatic amines is 1. The first-order chi connectivity index (χ1) is 15.1.